The summed E-state index contributed by atoms with van der Waals surface area (Å²) in [5, 5.41) is 0. The second-order valence-corrected chi connectivity index (χ2v) is 23.1. The van der Waals surface area contributed by atoms with Gasteiger partial charge in [0.2, 0.25) is 0 Å². The maximum absolute atomic E-state index is 12.9. The van der Waals surface area contributed by atoms with Gasteiger partial charge in [-0.3, -0.25) is 14.4 Å². The zero-order valence-corrected chi connectivity index (χ0v) is 53.1. The third-order valence-corrected chi connectivity index (χ3v) is 15.1. The second-order valence-electron chi connectivity index (χ2n) is 23.1. The zero-order valence-electron chi connectivity index (χ0n) is 53.1. The molecule has 0 spiro atoms. The lowest BCUT2D eigenvalue weighted by Crippen LogP contribution is -2.30. The van der Waals surface area contributed by atoms with Gasteiger partial charge in [0.15, 0.2) is 6.10 Å². The molecule has 0 aromatic rings. The minimum Gasteiger partial charge on any atom is -0.462 e. The molecule has 0 aliphatic heterocycles. The summed E-state index contributed by atoms with van der Waals surface area (Å²) < 4.78 is 17.0. The monoisotopic (exact) mass is 1110 g/mol. The van der Waals surface area contributed by atoms with E-state index in [9.17, 15) is 14.4 Å². The summed E-state index contributed by atoms with van der Waals surface area (Å²) >= 11 is 0. The number of hydrogen-bond donors (Lipinski definition) is 0. The van der Waals surface area contributed by atoms with Gasteiger partial charge in [-0.2, -0.15) is 0 Å². The van der Waals surface area contributed by atoms with Crippen LogP contribution in [0.4, 0.5) is 0 Å². The van der Waals surface area contributed by atoms with E-state index in [1.165, 1.54) is 199 Å². The van der Waals surface area contributed by atoms with E-state index >= 15 is 0 Å². The number of esters is 3. The van der Waals surface area contributed by atoms with Crippen molar-refractivity contribution in [2.75, 3.05) is 13.2 Å². The number of ether oxygens (including phenoxy) is 3. The van der Waals surface area contributed by atoms with Crippen LogP contribution in [0.3, 0.4) is 0 Å². The normalized spacial score (nSPS) is 12.6. The van der Waals surface area contributed by atoms with Crippen LogP contribution in [0.25, 0.3) is 0 Å². The van der Waals surface area contributed by atoms with Gasteiger partial charge in [0.1, 0.15) is 13.2 Å². The first kappa shape index (κ1) is 76.6. The van der Waals surface area contributed by atoms with Crippen LogP contribution in [-0.4, -0.2) is 37.2 Å². The number of hydrogen-bond acceptors (Lipinski definition) is 6. The molecule has 462 valence electrons. The molecule has 1 unspecified atom stereocenters. The van der Waals surface area contributed by atoms with Gasteiger partial charge in [-0.05, 0) is 96.3 Å². The first-order valence-corrected chi connectivity index (χ1v) is 34.6. The molecule has 0 heterocycles. The molecule has 0 N–H and O–H groups in total. The highest BCUT2D eigenvalue weighted by molar-refractivity contribution is 5.71. The Bertz CT molecular complexity index is 1520. The molecule has 0 bridgehead atoms. The van der Waals surface area contributed by atoms with Crippen LogP contribution in [0.2, 0.25) is 0 Å². The SMILES string of the molecule is CC/C=C\C/C=C\C/C=C\C/C=C\CCCCCCCCCCCCCCC(=O)OCC(COC(=O)CCCCCCCCCCCCCCCCCCCC)OC(=O)CCCCCCCC/C=C\C/C=C\C/C=C\CCCCC. The number of carbonyl (C=O) groups is 3. The van der Waals surface area contributed by atoms with E-state index in [1.54, 1.807) is 0 Å². The fourth-order valence-electron chi connectivity index (χ4n) is 9.97. The van der Waals surface area contributed by atoms with E-state index in [4.69, 9.17) is 14.2 Å². The Balaban J connectivity index is 4.35. The Labute approximate surface area is 496 Å². The van der Waals surface area contributed by atoms with Crippen molar-refractivity contribution in [3.63, 3.8) is 0 Å². The van der Waals surface area contributed by atoms with Crippen LogP contribution in [-0.2, 0) is 28.6 Å². The molecular formula is C74H130O6. The summed E-state index contributed by atoms with van der Waals surface area (Å²) in [4.78, 5) is 38.5. The molecule has 6 heteroatoms. The van der Waals surface area contributed by atoms with E-state index in [-0.39, 0.29) is 31.1 Å². The summed E-state index contributed by atoms with van der Waals surface area (Å²) in [5.74, 6) is -0.874. The summed E-state index contributed by atoms with van der Waals surface area (Å²) in [7, 11) is 0. The van der Waals surface area contributed by atoms with Gasteiger partial charge >= 0.3 is 17.9 Å². The van der Waals surface area contributed by atoms with Crippen LogP contribution >= 0.6 is 0 Å². The van der Waals surface area contributed by atoms with Gasteiger partial charge in [-0.25, -0.2) is 0 Å². The molecule has 0 aromatic carbocycles. The van der Waals surface area contributed by atoms with Crippen molar-refractivity contribution in [3.8, 4) is 0 Å². The second kappa shape index (κ2) is 68.1. The minimum atomic E-state index is -0.785. The topological polar surface area (TPSA) is 78.9 Å². The molecule has 0 aromatic heterocycles. The van der Waals surface area contributed by atoms with Gasteiger partial charge in [-0.1, -0.05) is 318 Å². The van der Waals surface area contributed by atoms with Crippen molar-refractivity contribution in [1.29, 1.82) is 0 Å². The average molecular weight is 1120 g/mol. The van der Waals surface area contributed by atoms with Crippen molar-refractivity contribution in [1.82, 2.24) is 0 Å². The maximum Gasteiger partial charge on any atom is 0.306 e. The fraction of sp³-hybridized carbons (Fsp3) is 0.770. The summed E-state index contributed by atoms with van der Waals surface area (Å²) in [6.45, 7) is 6.54. The predicted octanol–water partition coefficient (Wildman–Crippen LogP) is 23.8. The maximum atomic E-state index is 12.9. The molecule has 0 saturated heterocycles. The third-order valence-electron chi connectivity index (χ3n) is 15.1. The average Bonchev–Trinajstić information content (AvgIpc) is 3.46. The summed E-state index contributed by atoms with van der Waals surface area (Å²) in [5.41, 5.74) is 0. The van der Waals surface area contributed by atoms with Crippen LogP contribution in [0.1, 0.15) is 348 Å². The predicted molar refractivity (Wildman–Crippen MR) is 348 cm³/mol. The molecule has 0 aliphatic rings. The van der Waals surface area contributed by atoms with Crippen LogP contribution < -0.4 is 0 Å². The van der Waals surface area contributed by atoms with Crippen LogP contribution in [0.15, 0.2) is 85.1 Å². The van der Waals surface area contributed by atoms with Gasteiger partial charge < -0.3 is 14.2 Å². The van der Waals surface area contributed by atoms with Crippen LogP contribution in [0, 0.1) is 0 Å². The molecule has 0 aliphatic carbocycles. The van der Waals surface area contributed by atoms with E-state index in [2.05, 4.69) is 106 Å². The lowest BCUT2D eigenvalue weighted by molar-refractivity contribution is -0.167. The summed E-state index contributed by atoms with van der Waals surface area (Å²) in [6.07, 6.45) is 90.2. The molecule has 0 saturated carbocycles. The summed E-state index contributed by atoms with van der Waals surface area (Å²) in [6, 6.07) is 0. The van der Waals surface area contributed by atoms with Gasteiger partial charge in [-0.15, -0.1) is 0 Å². The highest BCUT2D eigenvalue weighted by Crippen LogP contribution is 2.17. The Morgan fingerprint density at radius 1 is 0.263 bits per heavy atom. The smallest absolute Gasteiger partial charge is 0.306 e. The van der Waals surface area contributed by atoms with E-state index in [0.29, 0.717) is 19.3 Å². The lowest BCUT2D eigenvalue weighted by atomic mass is 10.0. The van der Waals surface area contributed by atoms with E-state index in [1.807, 2.05) is 0 Å². The molecule has 0 radical (unpaired) electrons. The van der Waals surface area contributed by atoms with Crippen molar-refractivity contribution in [2.45, 2.75) is 354 Å². The first-order valence-electron chi connectivity index (χ1n) is 34.6. The Hall–Kier alpha value is -3.41. The first-order chi connectivity index (χ1) is 39.5. The van der Waals surface area contributed by atoms with Crippen molar-refractivity contribution in [3.05, 3.63) is 85.1 Å². The van der Waals surface area contributed by atoms with Crippen LogP contribution in [0.5, 0.6) is 0 Å². The highest BCUT2D eigenvalue weighted by atomic mass is 16.6. The number of unbranched alkanes of at least 4 members (excludes halogenated alkanes) is 38. The van der Waals surface area contributed by atoms with Gasteiger partial charge in [0.05, 0.1) is 0 Å². The molecule has 0 fully saturated rings. The fourth-order valence-corrected chi connectivity index (χ4v) is 9.97. The lowest BCUT2D eigenvalue weighted by Gasteiger charge is -2.18. The quantitative estimate of drug-likeness (QED) is 0.0261. The molecule has 0 amide bonds. The number of allylic oxidation sites excluding steroid dienone is 14. The van der Waals surface area contributed by atoms with E-state index < -0.39 is 6.10 Å². The molecule has 0 rings (SSSR count). The standard InChI is InChI=1S/C74H130O6/c1-4-7-10-13-16-19-22-25-28-31-34-35-36-37-38-39-41-43-46-49-52-55-58-61-64-67-73(76)79-70-71(69-78-72(75)66-63-60-57-54-51-48-45-42-33-30-27-24-21-18-15-12-9-6-3)80-74(77)68-65-62-59-56-53-50-47-44-40-32-29-26-23-20-17-14-11-8-5-2/h7,10,16-17,19-20,25-26,28-29,34-35,40,44,71H,4-6,8-9,11-15,18,21-24,27,30-33,36-39,41-43,45-70H2,1-3H3/b10-7-,19-16-,20-17-,28-25-,29-26-,35-34-,44-40-. The van der Waals surface area contributed by atoms with Gasteiger partial charge in [0, 0.05) is 19.3 Å². The Morgan fingerprint density at radius 3 is 0.787 bits per heavy atom. The third kappa shape index (κ3) is 65.4. The molecule has 1 atom stereocenters. The number of carbonyl (C=O) groups excluding carboxylic acids is 3. The van der Waals surface area contributed by atoms with E-state index in [0.717, 1.165) is 109 Å². The van der Waals surface area contributed by atoms with Crippen molar-refractivity contribution in [2.24, 2.45) is 0 Å². The molecular weight excluding hydrogens is 985 g/mol. The van der Waals surface area contributed by atoms with Crippen molar-refractivity contribution < 1.29 is 28.6 Å². The zero-order chi connectivity index (χ0) is 57.8. The molecule has 80 heavy (non-hydrogen) atoms. The molecule has 6 nitrogen and oxygen atoms in total. The Morgan fingerprint density at radius 2 is 0.487 bits per heavy atom. The minimum absolute atomic E-state index is 0.0785. The Kier molecular flexibility index (Phi) is 65.2. The largest absolute Gasteiger partial charge is 0.462 e. The highest BCUT2D eigenvalue weighted by Gasteiger charge is 2.19. The van der Waals surface area contributed by atoms with Gasteiger partial charge in [0.25, 0.3) is 0 Å². The number of rotatable bonds is 63. The van der Waals surface area contributed by atoms with Crippen molar-refractivity contribution >= 4 is 17.9 Å².